The number of nitrogens with one attached hydrogen (secondary N) is 1. The van der Waals surface area contributed by atoms with Gasteiger partial charge in [0.2, 0.25) is 0 Å². The van der Waals surface area contributed by atoms with Crippen molar-refractivity contribution < 1.29 is 14.6 Å². The Labute approximate surface area is 143 Å². The smallest absolute Gasteiger partial charge is 0.257 e. The van der Waals surface area contributed by atoms with E-state index in [-0.39, 0.29) is 17.4 Å². The molecule has 0 saturated heterocycles. The fourth-order valence-electron chi connectivity index (χ4n) is 2.18. The Balaban J connectivity index is 1.77. The summed E-state index contributed by atoms with van der Waals surface area (Å²) in [6, 6.07) is 12.5. The Morgan fingerprint density at radius 1 is 1.21 bits per heavy atom. The van der Waals surface area contributed by atoms with Crippen LogP contribution in [0, 0.1) is 6.92 Å². The summed E-state index contributed by atoms with van der Waals surface area (Å²) in [5, 5.41) is 14.8. The molecular formula is C18H16N2O3S. The molecule has 24 heavy (non-hydrogen) atoms. The molecule has 0 aliphatic rings. The number of methoxy groups -OCH3 is 1. The quantitative estimate of drug-likeness (QED) is 0.750. The summed E-state index contributed by atoms with van der Waals surface area (Å²) in [5.74, 6) is -0.0646. The van der Waals surface area contributed by atoms with Crippen molar-refractivity contribution in [2.45, 2.75) is 6.92 Å². The maximum atomic E-state index is 12.3. The van der Waals surface area contributed by atoms with Crippen LogP contribution in [0.3, 0.4) is 0 Å². The Morgan fingerprint density at radius 3 is 2.67 bits per heavy atom. The third kappa shape index (κ3) is 3.38. The third-order valence-corrected chi connectivity index (χ3v) is 4.27. The Hall–Kier alpha value is -2.86. The molecule has 0 spiro atoms. The number of rotatable bonds is 4. The van der Waals surface area contributed by atoms with Gasteiger partial charge in [-0.25, -0.2) is 4.98 Å². The molecule has 0 radical (unpaired) electrons. The van der Waals surface area contributed by atoms with Gasteiger partial charge in [-0.05, 0) is 25.1 Å². The zero-order chi connectivity index (χ0) is 17.1. The average Bonchev–Trinajstić information content (AvgIpc) is 3.04. The highest BCUT2D eigenvalue weighted by atomic mass is 32.1. The van der Waals surface area contributed by atoms with Crippen LogP contribution in [0.1, 0.15) is 15.9 Å². The van der Waals surface area contributed by atoms with Crippen LogP contribution in [-0.4, -0.2) is 23.1 Å². The van der Waals surface area contributed by atoms with Crippen LogP contribution < -0.4 is 10.1 Å². The highest BCUT2D eigenvalue weighted by molar-refractivity contribution is 7.14. The van der Waals surface area contributed by atoms with E-state index in [1.807, 2.05) is 36.6 Å². The van der Waals surface area contributed by atoms with Crippen molar-refractivity contribution in [2.24, 2.45) is 0 Å². The molecule has 6 heteroatoms. The molecule has 0 atom stereocenters. The second-order valence-corrected chi connectivity index (χ2v) is 6.10. The predicted octanol–water partition coefficient (Wildman–Crippen LogP) is 4.09. The van der Waals surface area contributed by atoms with Gasteiger partial charge in [0.15, 0.2) is 16.6 Å². The van der Waals surface area contributed by atoms with E-state index in [0.717, 1.165) is 11.3 Å². The Kier molecular flexibility index (Phi) is 4.48. The molecule has 1 aromatic heterocycles. The average molecular weight is 340 g/mol. The van der Waals surface area contributed by atoms with E-state index in [1.54, 1.807) is 0 Å². The van der Waals surface area contributed by atoms with Crippen molar-refractivity contribution in [3.63, 3.8) is 0 Å². The number of nitrogens with zero attached hydrogens (tertiary/aromatic N) is 1. The number of phenolic OH excluding ortho intramolecular Hbond substituents is 1. The fourth-order valence-corrected chi connectivity index (χ4v) is 2.89. The molecule has 0 aliphatic heterocycles. The van der Waals surface area contributed by atoms with Crippen LogP contribution in [0.4, 0.5) is 5.13 Å². The molecule has 0 saturated carbocycles. The number of ether oxygens (including phenoxy) is 1. The lowest BCUT2D eigenvalue weighted by Gasteiger charge is -2.06. The van der Waals surface area contributed by atoms with Gasteiger partial charge in [-0.2, -0.15) is 0 Å². The summed E-state index contributed by atoms with van der Waals surface area (Å²) in [4.78, 5) is 16.7. The van der Waals surface area contributed by atoms with Gasteiger partial charge >= 0.3 is 0 Å². The summed E-state index contributed by atoms with van der Waals surface area (Å²) < 4.78 is 5.01. The first-order valence-electron chi connectivity index (χ1n) is 7.28. The number of hydrogen-bond donors (Lipinski definition) is 2. The second kappa shape index (κ2) is 6.72. The highest BCUT2D eigenvalue weighted by Gasteiger charge is 2.12. The zero-order valence-corrected chi connectivity index (χ0v) is 14.1. The first kappa shape index (κ1) is 16.0. The minimum atomic E-state index is -0.307. The van der Waals surface area contributed by atoms with Gasteiger partial charge in [0.05, 0.1) is 12.8 Å². The SMILES string of the molecule is COc1cc(C(=O)Nc2nc(-c3ccc(C)cc3)cs2)ccc1O. The maximum absolute atomic E-state index is 12.3. The summed E-state index contributed by atoms with van der Waals surface area (Å²) in [7, 11) is 1.44. The molecule has 2 N–H and O–H groups in total. The number of benzene rings is 2. The molecule has 1 heterocycles. The van der Waals surface area contributed by atoms with E-state index in [9.17, 15) is 9.90 Å². The molecule has 5 nitrogen and oxygen atoms in total. The third-order valence-electron chi connectivity index (χ3n) is 3.51. The van der Waals surface area contributed by atoms with Gasteiger partial charge in [-0.15, -0.1) is 11.3 Å². The summed E-state index contributed by atoms with van der Waals surface area (Å²) in [6.45, 7) is 2.03. The van der Waals surface area contributed by atoms with E-state index in [4.69, 9.17) is 4.74 Å². The standard InChI is InChI=1S/C18H16N2O3S/c1-11-3-5-12(6-4-11)14-10-24-18(19-14)20-17(22)13-7-8-15(21)16(9-13)23-2/h3-10,21H,1-2H3,(H,19,20,22). The number of aryl methyl sites for hydroxylation is 1. The van der Waals surface area contributed by atoms with Gasteiger partial charge in [0.1, 0.15) is 0 Å². The first-order chi connectivity index (χ1) is 11.6. The lowest BCUT2D eigenvalue weighted by atomic mass is 10.1. The van der Waals surface area contributed by atoms with Crippen LogP contribution in [0.5, 0.6) is 11.5 Å². The summed E-state index contributed by atoms with van der Waals surface area (Å²) in [6.07, 6.45) is 0. The normalized spacial score (nSPS) is 10.4. The fraction of sp³-hybridized carbons (Fsp3) is 0.111. The monoisotopic (exact) mass is 340 g/mol. The van der Waals surface area contributed by atoms with Gasteiger partial charge in [0, 0.05) is 16.5 Å². The van der Waals surface area contributed by atoms with Crippen LogP contribution in [0.25, 0.3) is 11.3 Å². The van der Waals surface area contributed by atoms with Crippen molar-refractivity contribution in [3.05, 3.63) is 59.0 Å². The van der Waals surface area contributed by atoms with Crippen molar-refractivity contribution >= 4 is 22.4 Å². The number of carbonyl (C=O) groups excluding carboxylic acids is 1. The topological polar surface area (TPSA) is 71.5 Å². The first-order valence-corrected chi connectivity index (χ1v) is 8.15. The van der Waals surface area contributed by atoms with Crippen molar-refractivity contribution in [2.75, 3.05) is 12.4 Å². The lowest BCUT2D eigenvalue weighted by molar-refractivity contribution is 0.102. The maximum Gasteiger partial charge on any atom is 0.257 e. The zero-order valence-electron chi connectivity index (χ0n) is 13.2. The Bertz CT molecular complexity index is 872. The second-order valence-electron chi connectivity index (χ2n) is 5.24. The van der Waals surface area contributed by atoms with Crippen molar-refractivity contribution in [1.82, 2.24) is 4.98 Å². The van der Waals surface area contributed by atoms with Gasteiger partial charge in [-0.1, -0.05) is 29.8 Å². The molecule has 0 bridgehead atoms. The molecule has 0 fully saturated rings. The van der Waals surface area contributed by atoms with Crippen LogP contribution in [0.2, 0.25) is 0 Å². The van der Waals surface area contributed by atoms with Gasteiger partial charge in [0.25, 0.3) is 5.91 Å². The highest BCUT2D eigenvalue weighted by Crippen LogP contribution is 2.28. The number of anilines is 1. The number of hydrogen-bond acceptors (Lipinski definition) is 5. The molecule has 122 valence electrons. The summed E-state index contributed by atoms with van der Waals surface area (Å²) >= 11 is 1.36. The molecule has 0 unspecified atom stereocenters. The van der Waals surface area contributed by atoms with Gasteiger partial charge < -0.3 is 9.84 Å². The molecular weight excluding hydrogens is 324 g/mol. The number of aromatic hydroxyl groups is 1. The van der Waals surface area contributed by atoms with E-state index < -0.39 is 0 Å². The van der Waals surface area contributed by atoms with Crippen LogP contribution in [0.15, 0.2) is 47.8 Å². The number of aromatic nitrogens is 1. The van der Waals surface area contributed by atoms with E-state index in [2.05, 4.69) is 10.3 Å². The number of amides is 1. The van der Waals surface area contributed by atoms with Gasteiger partial charge in [-0.3, -0.25) is 10.1 Å². The predicted molar refractivity (Wildman–Crippen MR) is 94.9 cm³/mol. The molecule has 2 aromatic carbocycles. The van der Waals surface area contributed by atoms with Crippen LogP contribution in [-0.2, 0) is 0 Å². The minimum absolute atomic E-state index is 0.00930. The number of thiazole rings is 1. The number of phenols is 1. The molecule has 0 aliphatic carbocycles. The molecule has 1 amide bonds. The minimum Gasteiger partial charge on any atom is -0.504 e. The van der Waals surface area contributed by atoms with Crippen molar-refractivity contribution in [1.29, 1.82) is 0 Å². The summed E-state index contributed by atoms with van der Waals surface area (Å²) in [5.41, 5.74) is 3.39. The van der Waals surface area contributed by atoms with E-state index in [0.29, 0.717) is 10.7 Å². The van der Waals surface area contributed by atoms with E-state index >= 15 is 0 Å². The Morgan fingerprint density at radius 2 is 1.96 bits per heavy atom. The molecule has 3 aromatic rings. The number of carbonyl (C=O) groups is 1. The largest absolute Gasteiger partial charge is 0.504 e. The van der Waals surface area contributed by atoms with E-state index in [1.165, 1.54) is 42.2 Å². The molecule has 3 rings (SSSR count). The van der Waals surface area contributed by atoms with Crippen molar-refractivity contribution in [3.8, 4) is 22.8 Å². The van der Waals surface area contributed by atoms with Crippen LogP contribution >= 0.6 is 11.3 Å². The lowest BCUT2D eigenvalue weighted by Crippen LogP contribution is -2.11.